The highest BCUT2D eigenvalue weighted by atomic mass is 14.6. The SMILES string of the molecule is C[C@@H](c1ccc2ncccc2c1)[C@@H](C)c1ccc2ncccc2c1. The van der Waals surface area contributed by atoms with Gasteiger partial charge in [0.05, 0.1) is 11.0 Å². The van der Waals surface area contributed by atoms with Crippen molar-refractivity contribution in [2.75, 3.05) is 0 Å². The van der Waals surface area contributed by atoms with Crippen molar-refractivity contribution >= 4 is 21.8 Å². The largest absolute Gasteiger partial charge is 0.256 e. The summed E-state index contributed by atoms with van der Waals surface area (Å²) in [4.78, 5) is 8.82. The molecule has 0 radical (unpaired) electrons. The van der Waals surface area contributed by atoms with Crippen LogP contribution in [0.5, 0.6) is 0 Å². The fourth-order valence-electron chi connectivity index (χ4n) is 3.33. The lowest BCUT2D eigenvalue weighted by molar-refractivity contribution is 0.625. The average Bonchev–Trinajstić information content (AvgIpc) is 2.66. The van der Waals surface area contributed by atoms with Gasteiger partial charge in [-0.2, -0.15) is 0 Å². The van der Waals surface area contributed by atoms with Crippen molar-refractivity contribution in [3.8, 4) is 0 Å². The maximum atomic E-state index is 4.41. The Labute approximate surface area is 142 Å². The third-order valence-corrected chi connectivity index (χ3v) is 5.06. The number of benzene rings is 2. The van der Waals surface area contributed by atoms with E-state index in [0.717, 1.165) is 11.0 Å². The minimum atomic E-state index is 0.434. The van der Waals surface area contributed by atoms with Crippen molar-refractivity contribution in [3.05, 3.63) is 84.2 Å². The molecule has 2 aromatic carbocycles. The minimum Gasteiger partial charge on any atom is -0.256 e. The summed E-state index contributed by atoms with van der Waals surface area (Å²) in [5.41, 5.74) is 4.82. The summed E-state index contributed by atoms with van der Waals surface area (Å²) in [7, 11) is 0. The van der Waals surface area contributed by atoms with Crippen LogP contribution < -0.4 is 0 Å². The Morgan fingerprint density at radius 2 is 1.08 bits per heavy atom. The van der Waals surface area contributed by atoms with Crippen molar-refractivity contribution in [1.29, 1.82) is 0 Å². The van der Waals surface area contributed by atoms with E-state index >= 15 is 0 Å². The van der Waals surface area contributed by atoms with Crippen molar-refractivity contribution < 1.29 is 0 Å². The van der Waals surface area contributed by atoms with Gasteiger partial charge in [-0.15, -0.1) is 0 Å². The van der Waals surface area contributed by atoms with Gasteiger partial charge >= 0.3 is 0 Å². The molecule has 0 N–H and O–H groups in total. The van der Waals surface area contributed by atoms with Crippen LogP contribution in [-0.4, -0.2) is 9.97 Å². The van der Waals surface area contributed by atoms with E-state index in [0.29, 0.717) is 11.8 Å². The molecule has 0 aliphatic rings. The van der Waals surface area contributed by atoms with Crippen LogP contribution in [0.3, 0.4) is 0 Å². The van der Waals surface area contributed by atoms with Gasteiger partial charge in [0.1, 0.15) is 0 Å². The molecule has 0 amide bonds. The molecule has 0 unspecified atom stereocenters. The number of fused-ring (bicyclic) bond motifs is 2. The molecular weight excluding hydrogens is 292 g/mol. The van der Waals surface area contributed by atoms with Crippen molar-refractivity contribution in [3.63, 3.8) is 0 Å². The molecule has 0 fully saturated rings. The molecule has 118 valence electrons. The Bertz CT molecular complexity index is 923. The molecule has 0 aliphatic heterocycles. The topological polar surface area (TPSA) is 25.8 Å². The monoisotopic (exact) mass is 312 g/mol. The average molecular weight is 312 g/mol. The molecule has 2 aromatic heterocycles. The Morgan fingerprint density at radius 1 is 0.625 bits per heavy atom. The van der Waals surface area contributed by atoms with Gasteiger partial charge in [0.25, 0.3) is 0 Å². The van der Waals surface area contributed by atoms with Crippen LogP contribution in [-0.2, 0) is 0 Å². The summed E-state index contributed by atoms with van der Waals surface area (Å²) in [6, 6.07) is 21.5. The fraction of sp³-hybridized carbons (Fsp3) is 0.182. The van der Waals surface area contributed by atoms with E-state index in [9.17, 15) is 0 Å². The molecule has 2 atom stereocenters. The van der Waals surface area contributed by atoms with E-state index in [-0.39, 0.29) is 0 Å². The Hall–Kier alpha value is -2.74. The van der Waals surface area contributed by atoms with Crippen molar-refractivity contribution in [2.45, 2.75) is 25.7 Å². The summed E-state index contributed by atoms with van der Waals surface area (Å²) in [6.45, 7) is 4.60. The smallest absolute Gasteiger partial charge is 0.0702 e. The second kappa shape index (κ2) is 6.04. The number of rotatable bonds is 3. The van der Waals surface area contributed by atoms with E-state index in [1.807, 2.05) is 24.5 Å². The highest BCUT2D eigenvalue weighted by molar-refractivity contribution is 5.80. The fourth-order valence-corrected chi connectivity index (χ4v) is 3.33. The molecule has 0 spiro atoms. The van der Waals surface area contributed by atoms with E-state index in [4.69, 9.17) is 0 Å². The zero-order chi connectivity index (χ0) is 16.5. The summed E-state index contributed by atoms with van der Waals surface area (Å²) in [6.07, 6.45) is 3.69. The van der Waals surface area contributed by atoms with Crippen LogP contribution in [0.1, 0.15) is 36.8 Å². The number of pyridine rings is 2. The summed E-state index contributed by atoms with van der Waals surface area (Å²) in [5.74, 6) is 0.868. The first-order valence-corrected chi connectivity index (χ1v) is 8.42. The molecule has 0 saturated carbocycles. The standard InChI is InChI=1S/C22H20N2/c1-15(17-7-9-21-19(13-17)5-3-11-23-21)16(2)18-8-10-22-20(14-18)6-4-12-24-22/h3-16H,1-2H3/t15-,16-/m1/s1. The van der Waals surface area contributed by atoms with Gasteiger partial charge in [0.15, 0.2) is 0 Å². The van der Waals surface area contributed by atoms with Gasteiger partial charge < -0.3 is 0 Å². The number of nitrogens with zero attached hydrogens (tertiary/aromatic N) is 2. The van der Waals surface area contributed by atoms with Crippen LogP contribution in [0, 0.1) is 0 Å². The predicted molar refractivity (Wildman–Crippen MR) is 100 cm³/mol. The second-order valence-corrected chi connectivity index (χ2v) is 6.49. The van der Waals surface area contributed by atoms with Crippen LogP contribution in [0.2, 0.25) is 0 Å². The number of hydrogen-bond acceptors (Lipinski definition) is 2. The van der Waals surface area contributed by atoms with Gasteiger partial charge in [0, 0.05) is 23.2 Å². The van der Waals surface area contributed by atoms with Gasteiger partial charge in [-0.3, -0.25) is 9.97 Å². The summed E-state index contributed by atoms with van der Waals surface area (Å²) >= 11 is 0. The van der Waals surface area contributed by atoms with Gasteiger partial charge in [-0.05, 0) is 59.4 Å². The predicted octanol–water partition coefficient (Wildman–Crippen LogP) is 5.69. The molecule has 0 bridgehead atoms. The van der Waals surface area contributed by atoms with E-state index < -0.39 is 0 Å². The molecule has 2 heteroatoms. The van der Waals surface area contributed by atoms with E-state index in [2.05, 4.69) is 72.3 Å². The quantitative estimate of drug-likeness (QED) is 0.485. The number of hydrogen-bond donors (Lipinski definition) is 0. The van der Waals surface area contributed by atoms with Crippen LogP contribution in [0.15, 0.2) is 73.1 Å². The molecule has 0 saturated heterocycles. The minimum absolute atomic E-state index is 0.434. The molecule has 4 aromatic rings. The number of aromatic nitrogens is 2. The first-order valence-electron chi connectivity index (χ1n) is 8.42. The van der Waals surface area contributed by atoms with Crippen molar-refractivity contribution in [2.24, 2.45) is 0 Å². The first-order chi connectivity index (χ1) is 11.7. The van der Waals surface area contributed by atoms with Crippen molar-refractivity contribution in [1.82, 2.24) is 9.97 Å². The first kappa shape index (κ1) is 14.8. The highest BCUT2D eigenvalue weighted by Crippen LogP contribution is 2.34. The maximum absolute atomic E-state index is 4.41. The molecule has 0 aliphatic carbocycles. The Kier molecular flexibility index (Phi) is 3.73. The van der Waals surface area contributed by atoms with E-state index in [1.165, 1.54) is 21.9 Å². The second-order valence-electron chi connectivity index (χ2n) is 6.49. The van der Waals surface area contributed by atoms with E-state index in [1.54, 1.807) is 0 Å². The summed E-state index contributed by atoms with van der Waals surface area (Å²) in [5, 5.41) is 2.41. The highest BCUT2D eigenvalue weighted by Gasteiger charge is 2.17. The summed E-state index contributed by atoms with van der Waals surface area (Å²) < 4.78 is 0. The Morgan fingerprint density at radius 3 is 1.54 bits per heavy atom. The Balaban J connectivity index is 1.69. The third-order valence-electron chi connectivity index (χ3n) is 5.06. The maximum Gasteiger partial charge on any atom is 0.0702 e. The van der Waals surface area contributed by atoms with Gasteiger partial charge in [-0.25, -0.2) is 0 Å². The molecule has 4 rings (SSSR count). The normalized spacial score (nSPS) is 13.9. The third kappa shape index (κ3) is 2.65. The lowest BCUT2D eigenvalue weighted by atomic mass is 9.83. The van der Waals surface area contributed by atoms with Crippen LogP contribution >= 0.6 is 0 Å². The van der Waals surface area contributed by atoms with Crippen LogP contribution in [0.4, 0.5) is 0 Å². The molecule has 2 heterocycles. The van der Waals surface area contributed by atoms with Crippen LogP contribution in [0.25, 0.3) is 21.8 Å². The zero-order valence-corrected chi connectivity index (χ0v) is 14.0. The van der Waals surface area contributed by atoms with Gasteiger partial charge in [-0.1, -0.05) is 38.1 Å². The zero-order valence-electron chi connectivity index (χ0n) is 14.0. The lowest BCUT2D eigenvalue weighted by Gasteiger charge is -2.21. The molecular formula is C22H20N2. The molecule has 24 heavy (non-hydrogen) atoms. The molecule has 2 nitrogen and oxygen atoms in total. The van der Waals surface area contributed by atoms with Gasteiger partial charge in [0.2, 0.25) is 0 Å². The lowest BCUT2D eigenvalue weighted by Crippen LogP contribution is -2.05.